The van der Waals surface area contributed by atoms with Gasteiger partial charge in [-0.3, -0.25) is 4.79 Å². The number of rotatable bonds is 5. The SMILES string of the molecule is CCO/N=C(/C(=O)Sc1nc2ccccc2s1)c1csc(N)n1. The molecule has 2 aromatic heterocycles. The maximum Gasteiger partial charge on any atom is 0.250 e. The second kappa shape index (κ2) is 7.07. The van der Waals surface area contributed by atoms with Crippen molar-refractivity contribution in [3.63, 3.8) is 0 Å². The van der Waals surface area contributed by atoms with Crippen LogP contribution in [0.5, 0.6) is 0 Å². The summed E-state index contributed by atoms with van der Waals surface area (Å²) in [5.74, 6) is 0. The van der Waals surface area contributed by atoms with Crippen molar-refractivity contribution < 1.29 is 9.63 Å². The van der Waals surface area contributed by atoms with Crippen molar-refractivity contribution in [1.29, 1.82) is 0 Å². The zero-order valence-corrected chi connectivity index (χ0v) is 14.5. The van der Waals surface area contributed by atoms with Gasteiger partial charge in [-0.05, 0) is 30.8 Å². The molecular formula is C14H12N4O2S3. The molecule has 0 spiro atoms. The van der Waals surface area contributed by atoms with Crippen molar-refractivity contribution in [3.8, 4) is 0 Å². The van der Waals surface area contributed by atoms with Crippen molar-refractivity contribution in [2.45, 2.75) is 11.3 Å². The standard InChI is InChI=1S/C14H12N4O2S3/c1-2-20-18-11(9-7-21-13(15)16-9)12(19)23-14-17-8-5-3-4-6-10(8)22-14/h3-7H,2H2,1H3,(H2,15,16)/b18-11+. The lowest BCUT2D eigenvalue weighted by atomic mass is 10.3. The maximum absolute atomic E-state index is 12.5. The topological polar surface area (TPSA) is 90.5 Å². The van der Waals surface area contributed by atoms with Crippen LogP contribution in [0, 0.1) is 0 Å². The number of nitrogens with zero attached hydrogens (tertiary/aromatic N) is 3. The number of thiazole rings is 2. The van der Waals surface area contributed by atoms with Crippen molar-refractivity contribution in [1.82, 2.24) is 9.97 Å². The van der Waals surface area contributed by atoms with E-state index < -0.39 is 0 Å². The minimum atomic E-state index is -0.275. The second-order valence-corrected chi connectivity index (χ2v) is 7.41. The third-order valence-corrected chi connectivity index (χ3v) is 5.35. The number of nitrogen functional groups attached to an aromatic ring is 1. The molecule has 0 atom stereocenters. The van der Waals surface area contributed by atoms with E-state index in [2.05, 4.69) is 15.1 Å². The monoisotopic (exact) mass is 364 g/mol. The highest BCUT2D eigenvalue weighted by Gasteiger charge is 2.21. The van der Waals surface area contributed by atoms with E-state index in [1.807, 2.05) is 24.3 Å². The molecule has 0 aliphatic heterocycles. The quantitative estimate of drug-likeness (QED) is 0.424. The van der Waals surface area contributed by atoms with Crippen LogP contribution in [0.2, 0.25) is 0 Å². The fraction of sp³-hybridized carbons (Fsp3) is 0.143. The number of fused-ring (bicyclic) bond motifs is 1. The van der Waals surface area contributed by atoms with Crippen LogP contribution in [0.15, 0.2) is 39.1 Å². The summed E-state index contributed by atoms with van der Waals surface area (Å²) in [5.41, 5.74) is 7.06. The molecule has 1 aromatic carbocycles. The Bertz CT molecular complexity index is 839. The van der Waals surface area contributed by atoms with Crippen LogP contribution >= 0.6 is 34.4 Å². The number of carbonyl (C=O) groups is 1. The number of anilines is 1. The maximum atomic E-state index is 12.5. The van der Waals surface area contributed by atoms with Gasteiger partial charge in [-0.25, -0.2) is 9.97 Å². The summed E-state index contributed by atoms with van der Waals surface area (Å²) in [6.07, 6.45) is 0. The van der Waals surface area contributed by atoms with Gasteiger partial charge in [0.2, 0.25) is 5.12 Å². The average molecular weight is 364 g/mol. The van der Waals surface area contributed by atoms with Gasteiger partial charge in [0, 0.05) is 5.38 Å². The van der Waals surface area contributed by atoms with E-state index in [9.17, 15) is 4.79 Å². The summed E-state index contributed by atoms with van der Waals surface area (Å²) >= 11 is 3.72. The van der Waals surface area contributed by atoms with Crippen molar-refractivity contribution >= 4 is 60.6 Å². The van der Waals surface area contributed by atoms with E-state index >= 15 is 0 Å². The molecule has 0 fully saturated rings. The molecule has 118 valence electrons. The molecule has 9 heteroatoms. The number of nitrogens with two attached hydrogens (primary N) is 1. The number of carbonyl (C=O) groups excluding carboxylic acids is 1. The Morgan fingerprint density at radius 1 is 1.39 bits per heavy atom. The molecule has 6 nitrogen and oxygen atoms in total. The van der Waals surface area contributed by atoms with Crippen LogP contribution in [0.1, 0.15) is 12.6 Å². The first-order valence-electron chi connectivity index (χ1n) is 6.66. The first-order valence-corrected chi connectivity index (χ1v) is 9.17. The highest BCUT2D eigenvalue weighted by molar-refractivity contribution is 8.16. The molecule has 0 aliphatic rings. The van der Waals surface area contributed by atoms with Crippen LogP contribution in [-0.2, 0) is 9.63 Å². The van der Waals surface area contributed by atoms with E-state index in [4.69, 9.17) is 10.6 Å². The molecule has 3 rings (SSSR count). The fourth-order valence-corrected chi connectivity index (χ4v) is 4.19. The van der Waals surface area contributed by atoms with Crippen LogP contribution < -0.4 is 5.73 Å². The fourth-order valence-electron chi connectivity index (χ4n) is 1.74. The molecule has 0 saturated heterocycles. The number of hydrogen-bond acceptors (Lipinski definition) is 9. The second-order valence-electron chi connectivity index (χ2n) is 4.27. The van der Waals surface area contributed by atoms with Gasteiger partial charge in [-0.15, -0.1) is 22.7 Å². The number of thioether (sulfide) groups is 1. The third-order valence-electron chi connectivity index (χ3n) is 2.70. The Hall–Kier alpha value is -1.97. The highest BCUT2D eigenvalue weighted by atomic mass is 32.2. The van der Waals surface area contributed by atoms with Crippen LogP contribution in [0.25, 0.3) is 10.2 Å². The summed E-state index contributed by atoms with van der Waals surface area (Å²) < 4.78 is 1.69. The van der Waals surface area contributed by atoms with Gasteiger partial charge < -0.3 is 10.6 Å². The number of aromatic nitrogens is 2. The number of hydrogen-bond donors (Lipinski definition) is 1. The molecule has 2 N–H and O–H groups in total. The minimum Gasteiger partial charge on any atom is -0.395 e. The Morgan fingerprint density at radius 3 is 2.91 bits per heavy atom. The predicted octanol–water partition coefficient (Wildman–Crippen LogP) is 3.39. The van der Waals surface area contributed by atoms with Gasteiger partial charge in [0.05, 0.1) is 10.2 Å². The van der Waals surface area contributed by atoms with E-state index in [1.54, 1.807) is 12.3 Å². The van der Waals surface area contributed by atoms with Gasteiger partial charge in [-0.2, -0.15) is 0 Å². The number of oxime groups is 1. The zero-order valence-electron chi connectivity index (χ0n) is 12.1. The molecule has 2 heterocycles. The largest absolute Gasteiger partial charge is 0.395 e. The summed E-state index contributed by atoms with van der Waals surface area (Å²) in [6, 6.07) is 7.74. The summed E-state index contributed by atoms with van der Waals surface area (Å²) in [7, 11) is 0. The van der Waals surface area contributed by atoms with E-state index in [0.717, 1.165) is 22.0 Å². The summed E-state index contributed by atoms with van der Waals surface area (Å²) in [6.45, 7) is 2.16. The molecule has 0 aliphatic carbocycles. The van der Waals surface area contributed by atoms with E-state index in [1.165, 1.54) is 22.7 Å². The molecule has 23 heavy (non-hydrogen) atoms. The lowest BCUT2D eigenvalue weighted by Crippen LogP contribution is -2.13. The smallest absolute Gasteiger partial charge is 0.250 e. The van der Waals surface area contributed by atoms with Gasteiger partial charge in [0.1, 0.15) is 12.3 Å². The van der Waals surface area contributed by atoms with Gasteiger partial charge in [0.25, 0.3) is 0 Å². The molecule has 0 amide bonds. The first-order chi connectivity index (χ1) is 11.2. The predicted molar refractivity (Wildman–Crippen MR) is 95.2 cm³/mol. The molecule has 0 bridgehead atoms. The van der Waals surface area contributed by atoms with Crippen LogP contribution in [0.4, 0.5) is 5.13 Å². The van der Waals surface area contributed by atoms with E-state index in [-0.39, 0.29) is 10.8 Å². The Balaban J connectivity index is 1.85. The summed E-state index contributed by atoms with van der Waals surface area (Å²) in [4.78, 5) is 26.1. The third kappa shape index (κ3) is 3.69. The zero-order chi connectivity index (χ0) is 16.2. The molecule has 0 radical (unpaired) electrons. The Kier molecular flexibility index (Phi) is 4.89. The molecular weight excluding hydrogens is 352 g/mol. The normalized spacial score (nSPS) is 11.8. The highest BCUT2D eigenvalue weighted by Crippen LogP contribution is 2.30. The average Bonchev–Trinajstić information content (AvgIpc) is 3.13. The molecule has 0 unspecified atom stereocenters. The molecule has 3 aromatic rings. The Labute approximate surface area is 144 Å². The van der Waals surface area contributed by atoms with Crippen LogP contribution in [-0.4, -0.2) is 27.4 Å². The van der Waals surface area contributed by atoms with Crippen LogP contribution in [0.3, 0.4) is 0 Å². The van der Waals surface area contributed by atoms with Gasteiger partial charge >= 0.3 is 0 Å². The van der Waals surface area contributed by atoms with Crippen molar-refractivity contribution in [2.24, 2.45) is 5.16 Å². The first kappa shape index (κ1) is 15.9. The Morgan fingerprint density at radius 2 is 2.22 bits per heavy atom. The van der Waals surface area contributed by atoms with Crippen molar-refractivity contribution in [2.75, 3.05) is 12.3 Å². The lowest BCUT2D eigenvalue weighted by Gasteiger charge is -2.00. The van der Waals surface area contributed by atoms with E-state index in [0.29, 0.717) is 21.8 Å². The minimum absolute atomic E-state index is 0.143. The van der Waals surface area contributed by atoms with Gasteiger partial charge in [0.15, 0.2) is 15.2 Å². The van der Waals surface area contributed by atoms with Gasteiger partial charge in [-0.1, -0.05) is 17.3 Å². The number of benzene rings is 1. The molecule has 0 saturated carbocycles. The number of para-hydroxylation sites is 1. The summed E-state index contributed by atoms with van der Waals surface area (Å²) in [5, 5.41) is 5.67. The van der Waals surface area contributed by atoms with Crippen molar-refractivity contribution in [3.05, 3.63) is 35.3 Å². The lowest BCUT2D eigenvalue weighted by molar-refractivity contribution is -0.105.